The molecule has 0 spiro atoms. The van der Waals surface area contributed by atoms with Gasteiger partial charge in [-0.15, -0.1) is 0 Å². The molecule has 0 aromatic carbocycles. The summed E-state index contributed by atoms with van der Waals surface area (Å²) in [4.78, 5) is 24.5. The number of hydrogen-bond acceptors (Lipinski definition) is 2. The number of carbonyl (C=O) groups excluding carboxylic acids is 2. The summed E-state index contributed by atoms with van der Waals surface area (Å²) in [5.74, 6) is 4.45. The zero-order chi connectivity index (χ0) is 17.3. The van der Waals surface area contributed by atoms with Gasteiger partial charge in [-0.3, -0.25) is 9.59 Å². The number of hydrogen-bond donors (Lipinski definition) is 0. The van der Waals surface area contributed by atoms with E-state index in [0.29, 0.717) is 28.8 Å². The average molecular weight is 331 g/mol. The van der Waals surface area contributed by atoms with Gasteiger partial charge in [0.05, 0.1) is 0 Å². The first-order valence-corrected chi connectivity index (χ1v) is 10.3. The van der Waals surface area contributed by atoms with Gasteiger partial charge in [0.25, 0.3) is 0 Å². The van der Waals surface area contributed by atoms with Crippen LogP contribution in [-0.4, -0.2) is 11.6 Å². The van der Waals surface area contributed by atoms with E-state index >= 15 is 0 Å². The quantitative estimate of drug-likeness (QED) is 0.674. The lowest BCUT2D eigenvalue weighted by Crippen LogP contribution is -2.55. The van der Waals surface area contributed by atoms with Gasteiger partial charge in [-0.2, -0.15) is 0 Å². The maximum Gasteiger partial charge on any atom is 0.136 e. The van der Waals surface area contributed by atoms with Crippen LogP contribution in [0.15, 0.2) is 0 Å². The smallest absolute Gasteiger partial charge is 0.136 e. The molecule has 4 saturated carbocycles. The molecule has 4 aliphatic carbocycles. The van der Waals surface area contributed by atoms with Gasteiger partial charge in [-0.25, -0.2) is 0 Å². The molecule has 4 rings (SSSR count). The maximum absolute atomic E-state index is 12.3. The van der Waals surface area contributed by atoms with Gasteiger partial charge in [0.15, 0.2) is 0 Å². The molecule has 8 atom stereocenters. The van der Waals surface area contributed by atoms with Crippen molar-refractivity contribution in [2.24, 2.45) is 46.3 Å². The maximum atomic E-state index is 12.3. The van der Waals surface area contributed by atoms with Gasteiger partial charge in [0.2, 0.25) is 0 Å². The number of fused-ring (bicyclic) bond motifs is 5. The molecule has 24 heavy (non-hydrogen) atoms. The summed E-state index contributed by atoms with van der Waals surface area (Å²) in [5.41, 5.74) is 0.623. The van der Waals surface area contributed by atoms with Crippen molar-refractivity contribution in [3.63, 3.8) is 0 Å². The zero-order valence-electron chi connectivity index (χ0n) is 15.9. The van der Waals surface area contributed by atoms with Crippen LogP contribution in [0.4, 0.5) is 0 Å². The molecule has 0 aliphatic heterocycles. The van der Waals surface area contributed by atoms with Gasteiger partial charge in [0.1, 0.15) is 11.6 Å². The lowest BCUT2D eigenvalue weighted by Gasteiger charge is -2.60. The number of Topliss-reactive ketones (excluding diaryl/α,β-unsaturated/α-hetero) is 2. The Morgan fingerprint density at radius 3 is 2.42 bits per heavy atom. The van der Waals surface area contributed by atoms with Crippen LogP contribution in [0.3, 0.4) is 0 Å². The third kappa shape index (κ3) is 2.13. The summed E-state index contributed by atoms with van der Waals surface area (Å²) in [6.07, 6.45) is 9.38. The highest BCUT2D eigenvalue weighted by Crippen LogP contribution is 2.67. The predicted molar refractivity (Wildman–Crippen MR) is 95.5 cm³/mol. The van der Waals surface area contributed by atoms with E-state index in [0.717, 1.165) is 37.0 Å². The Morgan fingerprint density at radius 1 is 1.00 bits per heavy atom. The minimum atomic E-state index is 0.256. The Kier molecular flexibility index (Phi) is 3.79. The van der Waals surface area contributed by atoms with Crippen LogP contribution in [-0.2, 0) is 9.59 Å². The Morgan fingerprint density at radius 2 is 1.71 bits per heavy atom. The number of ketones is 2. The van der Waals surface area contributed by atoms with E-state index in [1.807, 2.05) is 6.92 Å². The molecule has 0 bridgehead atoms. The molecule has 2 heteroatoms. The fraction of sp³-hybridized carbons (Fsp3) is 0.909. The molecule has 0 heterocycles. The Balaban J connectivity index is 1.64. The molecule has 0 amide bonds. The van der Waals surface area contributed by atoms with Crippen LogP contribution in [0.5, 0.6) is 0 Å². The molecule has 1 unspecified atom stereocenters. The van der Waals surface area contributed by atoms with E-state index < -0.39 is 0 Å². The van der Waals surface area contributed by atoms with Crippen LogP contribution in [0.2, 0.25) is 0 Å². The lowest BCUT2D eigenvalue weighted by molar-refractivity contribution is -0.148. The SMILES string of the molecule is CC(=O)[C@@H]1CC[C@H]2[C@@H]3CC[C@@H]4CC(=O)C(C)C[C@]4(C)[C@H]3CC[C@]12C. The van der Waals surface area contributed by atoms with Crippen LogP contribution in [0.1, 0.15) is 79.1 Å². The van der Waals surface area contributed by atoms with E-state index in [-0.39, 0.29) is 11.3 Å². The largest absolute Gasteiger partial charge is 0.300 e. The highest BCUT2D eigenvalue weighted by atomic mass is 16.1. The summed E-state index contributed by atoms with van der Waals surface area (Å²) in [6, 6.07) is 0. The Bertz CT molecular complexity index is 566. The molecule has 0 saturated heterocycles. The lowest BCUT2D eigenvalue weighted by atomic mass is 9.44. The van der Waals surface area contributed by atoms with Crippen LogP contribution in [0, 0.1) is 46.3 Å². The number of rotatable bonds is 1. The molecule has 4 aliphatic rings. The van der Waals surface area contributed by atoms with Crippen molar-refractivity contribution in [3.05, 3.63) is 0 Å². The first kappa shape index (κ1) is 16.8. The second kappa shape index (κ2) is 5.42. The summed E-state index contributed by atoms with van der Waals surface area (Å²) in [6.45, 7) is 8.91. The van der Waals surface area contributed by atoms with Gasteiger partial charge in [0, 0.05) is 18.3 Å². The Hall–Kier alpha value is -0.660. The normalized spacial score (nSPS) is 53.9. The monoisotopic (exact) mass is 330 g/mol. The van der Waals surface area contributed by atoms with Crippen molar-refractivity contribution in [2.45, 2.75) is 79.1 Å². The van der Waals surface area contributed by atoms with E-state index in [9.17, 15) is 9.59 Å². The van der Waals surface area contributed by atoms with Crippen molar-refractivity contribution in [1.82, 2.24) is 0 Å². The van der Waals surface area contributed by atoms with Crippen molar-refractivity contribution in [2.75, 3.05) is 0 Å². The van der Waals surface area contributed by atoms with Crippen LogP contribution in [0.25, 0.3) is 0 Å². The van der Waals surface area contributed by atoms with Gasteiger partial charge >= 0.3 is 0 Å². The second-order valence-corrected chi connectivity index (χ2v) is 10.2. The zero-order valence-corrected chi connectivity index (χ0v) is 15.9. The molecule has 4 fully saturated rings. The van der Waals surface area contributed by atoms with Crippen LogP contribution < -0.4 is 0 Å². The summed E-state index contributed by atoms with van der Waals surface area (Å²) >= 11 is 0. The van der Waals surface area contributed by atoms with E-state index in [1.54, 1.807) is 0 Å². The van der Waals surface area contributed by atoms with E-state index in [2.05, 4.69) is 20.8 Å². The second-order valence-electron chi connectivity index (χ2n) is 10.2. The fourth-order valence-electron chi connectivity index (χ4n) is 8.07. The molecule has 0 N–H and O–H groups in total. The average Bonchev–Trinajstić information content (AvgIpc) is 2.86. The molecular formula is C22H34O2. The van der Waals surface area contributed by atoms with Gasteiger partial charge in [-0.05, 0) is 86.4 Å². The molecule has 134 valence electrons. The predicted octanol–water partition coefficient (Wildman–Crippen LogP) is 5.05. The third-order valence-electron chi connectivity index (χ3n) is 9.30. The third-order valence-corrected chi connectivity index (χ3v) is 9.30. The summed E-state index contributed by atoms with van der Waals surface area (Å²) in [7, 11) is 0. The molecule has 0 aromatic rings. The van der Waals surface area contributed by atoms with Crippen molar-refractivity contribution in [3.8, 4) is 0 Å². The minimum absolute atomic E-state index is 0.256. The molecule has 2 nitrogen and oxygen atoms in total. The summed E-state index contributed by atoms with van der Waals surface area (Å²) in [5, 5.41) is 0. The standard InChI is InChI=1S/C22H34O2/c1-13-12-22(4)15(11-20(13)24)5-6-16-18-8-7-17(14(2)23)21(18,3)10-9-19(16)22/h13,15-19H,5-12H2,1-4H3/t13?,15-,16+,17+,18+,19+,21-,22+/m1/s1. The van der Waals surface area contributed by atoms with Crippen LogP contribution >= 0.6 is 0 Å². The molecular weight excluding hydrogens is 296 g/mol. The van der Waals surface area contributed by atoms with E-state index in [4.69, 9.17) is 0 Å². The number of carbonyl (C=O) groups is 2. The van der Waals surface area contributed by atoms with Crippen molar-refractivity contribution >= 4 is 11.6 Å². The van der Waals surface area contributed by atoms with Gasteiger partial charge in [-0.1, -0.05) is 20.8 Å². The van der Waals surface area contributed by atoms with Crippen molar-refractivity contribution in [1.29, 1.82) is 0 Å². The highest BCUT2D eigenvalue weighted by Gasteiger charge is 2.61. The van der Waals surface area contributed by atoms with Crippen molar-refractivity contribution < 1.29 is 9.59 Å². The highest BCUT2D eigenvalue weighted by molar-refractivity contribution is 5.82. The summed E-state index contributed by atoms with van der Waals surface area (Å²) < 4.78 is 0. The Labute approximate surface area is 147 Å². The topological polar surface area (TPSA) is 34.1 Å². The first-order valence-electron chi connectivity index (χ1n) is 10.3. The first-order chi connectivity index (χ1) is 11.3. The van der Waals surface area contributed by atoms with E-state index in [1.165, 1.54) is 32.1 Å². The molecule has 0 aromatic heterocycles. The fourth-order valence-corrected chi connectivity index (χ4v) is 8.07. The molecule has 0 radical (unpaired) electrons. The minimum Gasteiger partial charge on any atom is -0.300 e. The van der Waals surface area contributed by atoms with Gasteiger partial charge < -0.3 is 0 Å².